The number of amides is 1. The number of anilines is 1. The summed E-state index contributed by atoms with van der Waals surface area (Å²) in [5.74, 6) is -0.348. The maximum atomic E-state index is 12.0. The molecule has 0 saturated heterocycles. The van der Waals surface area contributed by atoms with E-state index in [9.17, 15) is 13.2 Å². The first-order valence-electron chi connectivity index (χ1n) is 5.91. The minimum Gasteiger partial charge on any atom is -0.321 e. The Bertz CT molecular complexity index is 588. The number of para-hydroxylation sites is 1. The van der Waals surface area contributed by atoms with Gasteiger partial charge in [-0.15, -0.1) is 0 Å². The van der Waals surface area contributed by atoms with E-state index in [-0.39, 0.29) is 16.5 Å². The predicted molar refractivity (Wildman–Crippen MR) is 75.4 cm³/mol. The number of hydrogen-bond donors (Lipinski definition) is 2. The lowest BCUT2D eigenvalue weighted by atomic mass is 10.3. The van der Waals surface area contributed by atoms with E-state index in [1.165, 1.54) is 12.1 Å². The highest BCUT2D eigenvalue weighted by molar-refractivity contribution is 7.89. The molecular weight excluding hydrogens is 264 g/mol. The zero-order valence-electron chi connectivity index (χ0n) is 11.2. The molecule has 0 unspecified atom stereocenters. The molecule has 0 aliphatic heterocycles. The zero-order valence-corrected chi connectivity index (χ0v) is 12.0. The van der Waals surface area contributed by atoms with E-state index in [1.807, 2.05) is 0 Å². The summed E-state index contributed by atoms with van der Waals surface area (Å²) in [6.07, 6.45) is 1.41. The predicted octanol–water partition coefficient (Wildman–Crippen LogP) is 1.89. The first-order chi connectivity index (χ1) is 8.86. The van der Waals surface area contributed by atoms with Gasteiger partial charge in [0, 0.05) is 12.6 Å². The van der Waals surface area contributed by atoms with E-state index >= 15 is 0 Å². The van der Waals surface area contributed by atoms with Crippen molar-refractivity contribution in [3.05, 3.63) is 35.9 Å². The third kappa shape index (κ3) is 4.50. The smallest absolute Gasteiger partial charge is 0.248 e. The Morgan fingerprint density at radius 2 is 1.89 bits per heavy atom. The number of allylic oxidation sites excluding steroid dienone is 1. The highest BCUT2D eigenvalue weighted by Crippen LogP contribution is 2.20. The molecule has 0 bridgehead atoms. The van der Waals surface area contributed by atoms with Crippen LogP contribution in [0.25, 0.3) is 0 Å². The van der Waals surface area contributed by atoms with Crippen LogP contribution >= 0.6 is 0 Å². The SMILES string of the molecule is CCNS(=O)(=O)c1ccccc1NC(=O)C=C(C)C. The van der Waals surface area contributed by atoms with Crippen molar-refractivity contribution in [2.24, 2.45) is 0 Å². The van der Waals surface area contributed by atoms with Crippen LogP contribution in [0.3, 0.4) is 0 Å². The minimum atomic E-state index is -3.60. The van der Waals surface area contributed by atoms with Crippen molar-refractivity contribution in [3.8, 4) is 0 Å². The molecule has 6 heteroatoms. The third-order valence-corrected chi connectivity index (χ3v) is 3.79. The number of hydrogen-bond acceptors (Lipinski definition) is 3. The van der Waals surface area contributed by atoms with Crippen molar-refractivity contribution in [1.82, 2.24) is 4.72 Å². The Hall–Kier alpha value is -1.66. The Morgan fingerprint density at radius 3 is 2.47 bits per heavy atom. The molecule has 1 aromatic rings. The zero-order chi connectivity index (χ0) is 14.5. The standard InChI is InChI=1S/C13H18N2O3S/c1-4-14-19(17,18)12-8-6-5-7-11(12)15-13(16)9-10(2)3/h5-9,14H,4H2,1-3H3,(H,15,16). The quantitative estimate of drug-likeness (QED) is 0.810. The highest BCUT2D eigenvalue weighted by Gasteiger charge is 2.17. The molecule has 1 rings (SSSR count). The fourth-order valence-electron chi connectivity index (χ4n) is 1.50. The Balaban J connectivity index is 3.10. The first-order valence-corrected chi connectivity index (χ1v) is 7.39. The molecule has 0 aliphatic rings. The number of rotatable bonds is 5. The summed E-state index contributed by atoms with van der Waals surface area (Å²) in [6.45, 7) is 5.57. The lowest BCUT2D eigenvalue weighted by Gasteiger charge is -2.10. The second-order valence-electron chi connectivity index (χ2n) is 4.21. The molecule has 5 nitrogen and oxygen atoms in total. The lowest BCUT2D eigenvalue weighted by molar-refractivity contribution is -0.112. The normalized spacial score (nSPS) is 10.9. The van der Waals surface area contributed by atoms with Gasteiger partial charge >= 0.3 is 0 Å². The van der Waals surface area contributed by atoms with Gasteiger partial charge in [-0.1, -0.05) is 24.6 Å². The fraction of sp³-hybridized carbons (Fsp3) is 0.308. The van der Waals surface area contributed by atoms with Crippen molar-refractivity contribution in [1.29, 1.82) is 0 Å². The Labute approximate surface area is 113 Å². The molecule has 19 heavy (non-hydrogen) atoms. The van der Waals surface area contributed by atoms with Gasteiger partial charge in [0.05, 0.1) is 5.69 Å². The third-order valence-electron chi connectivity index (χ3n) is 2.19. The van der Waals surface area contributed by atoms with E-state index in [4.69, 9.17) is 0 Å². The molecular formula is C13H18N2O3S. The van der Waals surface area contributed by atoms with Gasteiger partial charge in [0.15, 0.2) is 0 Å². The second-order valence-corrected chi connectivity index (χ2v) is 5.94. The maximum absolute atomic E-state index is 12.0. The van der Waals surface area contributed by atoms with Gasteiger partial charge in [0.25, 0.3) is 0 Å². The largest absolute Gasteiger partial charge is 0.321 e. The van der Waals surface area contributed by atoms with E-state index in [2.05, 4.69) is 10.0 Å². The highest BCUT2D eigenvalue weighted by atomic mass is 32.2. The van der Waals surface area contributed by atoms with Gasteiger partial charge in [-0.05, 0) is 26.0 Å². The van der Waals surface area contributed by atoms with Gasteiger partial charge in [-0.3, -0.25) is 4.79 Å². The molecule has 0 saturated carbocycles. The second kappa shape index (κ2) is 6.49. The van der Waals surface area contributed by atoms with Crippen molar-refractivity contribution < 1.29 is 13.2 Å². The minimum absolute atomic E-state index is 0.0624. The fourth-order valence-corrected chi connectivity index (χ4v) is 2.70. The molecule has 0 radical (unpaired) electrons. The Kier molecular flexibility index (Phi) is 5.26. The van der Waals surface area contributed by atoms with Crippen molar-refractivity contribution in [3.63, 3.8) is 0 Å². The summed E-state index contributed by atoms with van der Waals surface area (Å²) in [7, 11) is -3.60. The molecule has 0 aromatic heterocycles. The summed E-state index contributed by atoms with van der Waals surface area (Å²) in [4.78, 5) is 11.7. The van der Waals surface area contributed by atoms with Crippen LogP contribution < -0.4 is 10.0 Å². The van der Waals surface area contributed by atoms with Crippen molar-refractivity contribution >= 4 is 21.6 Å². The number of benzene rings is 1. The van der Waals surface area contributed by atoms with Gasteiger partial charge in [0.1, 0.15) is 4.90 Å². The number of sulfonamides is 1. The van der Waals surface area contributed by atoms with Crippen LogP contribution in [0.2, 0.25) is 0 Å². The molecule has 1 aromatic carbocycles. The molecule has 104 valence electrons. The average Bonchev–Trinajstić information content (AvgIpc) is 2.28. The van der Waals surface area contributed by atoms with Crippen LogP contribution in [-0.4, -0.2) is 20.9 Å². The Morgan fingerprint density at radius 1 is 1.26 bits per heavy atom. The molecule has 0 aliphatic carbocycles. The summed E-state index contributed by atoms with van der Waals surface area (Å²) >= 11 is 0. The number of carbonyl (C=O) groups is 1. The van der Waals surface area contributed by atoms with Gasteiger partial charge in [-0.2, -0.15) is 0 Å². The summed E-state index contributed by atoms with van der Waals surface area (Å²) < 4.78 is 26.4. The molecule has 0 spiro atoms. The van der Waals surface area contributed by atoms with Gasteiger partial charge in [-0.25, -0.2) is 13.1 Å². The van der Waals surface area contributed by atoms with E-state index < -0.39 is 10.0 Å². The number of nitrogens with one attached hydrogen (secondary N) is 2. The number of carbonyl (C=O) groups excluding carboxylic acids is 1. The summed E-state index contributed by atoms with van der Waals surface area (Å²) in [5, 5.41) is 2.57. The molecule has 2 N–H and O–H groups in total. The maximum Gasteiger partial charge on any atom is 0.248 e. The van der Waals surface area contributed by atoms with E-state index in [0.29, 0.717) is 6.54 Å². The summed E-state index contributed by atoms with van der Waals surface area (Å²) in [5.41, 5.74) is 1.11. The molecule has 0 fully saturated rings. The van der Waals surface area contributed by atoms with Crippen LogP contribution in [0, 0.1) is 0 Å². The van der Waals surface area contributed by atoms with Crippen LogP contribution in [-0.2, 0) is 14.8 Å². The van der Waals surface area contributed by atoms with Crippen LogP contribution in [0.15, 0.2) is 40.8 Å². The average molecular weight is 282 g/mol. The van der Waals surface area contributed by atoms with Gasteiger partial charge < -0.3 is 5.32 Å². The molecule has 0 atom stereocenters. The van der Waals surface area contributed by atoms with Crippen molar-refractivity contribution in [2.45, 2.75) is 25.7 Å². The van der Waals surface area contributed by atoms with Crippen LogP contribution in [0.1, 0.15) is 20.8 Å². The van der Waals surface area contributed by atoms with Gasteiger partial charge in [0.2, 0.25) is 15.9 Å². The van der Waals surface area contributed by atoms with Crippen molar-refractivity contribution in [2.75, 3.05) is 11.9 Å². The molecule has 1 amide bonds. The first kappa shape index (κ1) is 15.4. The summed E-state index contributed by atoms with van der Waals surface area (Å²) in [6, 6.07) is 6.29. The van der Waals surface area contributed by atoms with Crippen LogP contribution in [0.5, 0.6) is 0 Å². The topological polar surface area (TPSA) is 75.3 Å². The monoisotopic (exact) mass is 282 g/mol. The van der Waals surface area contributed by atoms with Crippen LogP contribution in [0.4, 0.5) is 5.69 Å². The van der Waals surface area contributed by atoms with E-state index in [0.717, 1.165) is 5.57 Å². The van der Waals surface area contributed by atoms with E-state index in [1.54, 1.807) is 39.0 Å². The lowest BCUT2D eigenvalue weighted by Crippen LogP contribution is -2.24. The molecule has 0 heterocycles.